The first-order chi connectivity index (χ1) is 19.9. The molecule has 0 spiro atoms. The lowest BCUT2D eigenvalue weighted by Gasteiger charge is -2.51. The van der Waals surface area contributed by atoms with Crippen molar-refractivity contribution < 1.29 is 27.2 Å². The number of aliphatic imine (C=N–C) groups is 1. The van der Waals surface area contributed by atoms with Crippen LogP contribution < -0.4 is 0 Å². The molecule has 1 aromatic heterocycles. The number of hydrogen-bond acceptors (Lipinski definition) is 9. The Balaban J connectivity index is 1.83. The average molecular weight is 613 g/mol. The number of benzene rings is 1. The van der Waals surface area contributed by atoms with Crippen molar-refractivity contribution in [1.29, 1.82) is 5.26 Å². The summed E-state index contributed by atoms with van der Waals surface area (Å²) >= 11 is 0. The van der Waals surface area contributed by atoms with Crippen molar-refractivity contribution in [2.75, 3.05) is 6.61 Å². The smallest absolute Gasteiger partial charge is 0.335 e. The molecule has 228 valence electrons. The number of carbonyl (C=O) groups excluding carboxylic acids is 1. The Bertz CT molecular complexity index is 1290. The van der Waals surface area contributed by atoms with Gasteiger partial charge in [0.25, 0.3) is 0 Å². The minimum atomic E-state index is -3.01. The van der Waals surface area contributed by atoms with Crippen LogP contribution in [0.15, 0.2) is 41.7 Å². The molecule has 0 radical (unpaired) electrons. The maximum absolute atomic E-state index is 12.5. The molecule has 0 amide bonds. The summed E-state index contributed by atoms with van der Waals surface area (Å²) in [7, 11) is -5.80. The monoisotopic (exact) mass is 612 g/mol. The number of aromatic nitrogens is 2. The van der Waals surface area contributed by atoms with E-state index in [2.05, 4.69) is 71.4 Å². The van der Waals surface area contributed by atoms with Gasteiger partial charge in [0.05, 0.1) is 6.61 Å². The highest BCUT2D eigenvalue weighted by Crippen LogP contribution is 2.49. The van der Waals surface area contributed by atoms with E-state index >= 15 is 0 Å². The van der Waals surface area contributed by atoms with Gasteiger partial charge in [0.15, 0.2) is 23.8 Å². The van der Waals surface area contributed by atoms with Crippen LogP contribution in [0.3, 0.4) is 0 Å². The first-order valence-electron chi connectivity index (χ1n) is 14.8. The van der Waals surface area contributed by atoms with Gasteiger partial charge >= 0.3 is 23.1 Å². The van der Waals surface area contributed by atoms with Gasteiger partial charge in [-0.2, -0.15) is 5.26 Å². The van der Waals surface area contributed by atoms with Gasteiger partial charge in [-0.05, 0) is 27.7 Å². The molecule has 10 nitrogen and oxygen atoms in total. The van der Waals surface area contributed by atoms with Gasteiger partial charge in [-0.25, -0.2) is 9.98 Å². The largest absolute Gasteiger partial charge is 0.455 e. The molecule has 4 atom stereocenters. The maximum atomic E-state index is 12.5. The van der Waals surface area contributed by atoms with E-state index < -0.39 is 47.6 Å². The molecular weight excluding hydrogens is 569 g/mol. The zero-order valence-electron chi connectivity index (χ0n) is 26.1. The molecule has 42 heavy (non-hydrogen) atoms. The van der Waals surface area contributed by atoms with Gasteiger partial charge < -0.3 is 22.4 Å². The third-order valence-corrected chi connectivity index (χ3v) is 18.5. The zero-order valence-corrected chi connectivity index (χ0v) is 28.1. The fourth-order valence-electron chi connectivity index (χ4n) is 6.09. The lowest BCUT2D eigenvalue weighted by atomic mass is 10.1. The van der Waals surface area contributed by atoms with Crippen LogP contribution in [-0.4, -0.2) is 63.8 Å². The van der Waals surface area contributed by atoms with E-state index in [1.165, 1.54) is 13.3 Å². The fraction of sp³-hybridized carbons (Fsp3) is 0.600. The topological polar surface area (TPSA) is 117 Å². The molecule has 2 aliphatic heterocycles. The number of fused-ring (bicyclic) bond motifs is 1. The van der Waals surface area contributed by atoms with Gasteiger partial charge in [0.2, 0.25) is 0 Å². The summed E-state index contributed by atoms with van der Waals surface area (Å²) in [4.78, 5) is 21.4. The molecule has 2 fully saturated rings. The molecule has 0 bridgehead atoms. The first kappa shape index (κ1) is 32.3. The highest BCUT2D eigenvalue weighted by atomic mass is 28.5. The fourth-order valence-corrected chi connectivity index (χ4v) is 17.3. The Kier molecular flexibility index (Phi) is 9.91. The summed E-state index contributed by atoms with van der Waals surface area (Å²) in [6.45, 7) is 18.8. The summed E-state index contributed by atoms with van der Waals surface area (Å²) in [6, 6.07) is 11.7. The van der Waals surface area contributed by atoms with Crippen LogP contribution in [0.4, 0.5) is 5.82 Å². The molecule has 4 rings (SSSR count). The Morgan fingerprint density at radius 1 is 1.07 bits per heavy atom. The van der Waals surface area contributed by atoms with Gasteiger partial charge in [-0.3, -0.25) is 9.36 Å². The van der Waals surface area contributed by atoms with Crippen LogP contribution in [0, 0.1) is 11.3 Å². The predicted molar refractivity (Wildman–Crippen MR) is 164 cm³/mol. The molecule has 0 unspecified atom stereocenters. The van der Waals surface area contributed by atoms with Crippen LogP contribution in [0.2, 0.25) is 22.2 Å². The number of nitriles is 1. The third-order valence-electron chi connectivity index (χ3n) is 8.20. The van der Waals surface area contributed by atoms with E-state index in [9.17, 15) is 10.1 Å². The summed E-state index contributed by atoms with van der Waals surface area (Å²) in [6.07, 6.45) is 0.286. The second-order valence-corrected chi connectivity index (χ2v) is 21.1. The highest BCUT2D eigenvalue weighted by molar-refractivity contribution is 6.84. The molecule has 0 saturated carbocycles. The summed E-state index contributed by atoms with van der Waals surface area (Å²) in [5.41, 5.74) is 1.53. The second kappa shape index (κ2) is 12.9. The van der Waals surface area contributed by atoms with Crippen LogP contribution in [0.25, 0.3) is 0 Å². The predicted octanol–water partition coefficient (Wildman–Crippen LogP) is 6.29. The molecule has 2 aliphatic rings. The number of imidazole rings is 1. The Hall–Kier alpha value is -2.67. The van der Waals surface area contributed by atoms with Gasteiger partial charge in [-0.15, -0.1) is 0 Å². The molecule has 2 aromatic rings. The van der Waals surface area contributed by atoms with Gasteiger partial charge in [0, 0.05) is 13.1 Å². The quantitative estimate of drug-likeness (QED) is 0.194. The number of hydrogen-bond donors (Lipinski definition) is 0. The van der Waals surface area contributed by atoms with Gasteiger partial charge in [-0.1, -0.05) is 85.7 Å². The Labute approximate surface area is 251 Å². The maximum Gasteiger partial charge on any atom is 0.335 e. The minimum Gasteiger partial charge on any atom is -0.455 e. The summed E-state index contributed by atoms with van der Waals surface area (Å²) < 4.78 is 35.6. The summed E-state index contributed by atoms with van der Waals surface area (Å²) in [5.74, 6) is -0.162. The number of carbonyl (C=O) groups is 1. The van der Waals surface area contributed by atoms with Crippen LogP contribution in [0.5, 0.6) is 0 Å². The number of rotatable bonds is 8. The normalized spacial score (nSPS) is 25.5. The van der Waals surface area contributed by atoms with E-state index in [1.807, 2.05) is 30.3 Å². The first-order valence-corrected chi connectivity index (χ1v) is 18.7. The van der Waals surface area contributed by atoms with Gasteiger partial charge in [0.1, 0.15) is 24.6 Å². The van der Waals surface area contributed by atoms with Crippen LogP contribution >= 0.6 is 0 Å². The highest BCUT2D eigenvalue weighted by Gasteiger charge is 2.62. The van der Waals surface area contributed by atoms with Crippen molar-refractivity contribution in [2.24, 2.45) is 4.99 Å². The molecular formula is C30H44N4O6Si2. The van der Waals surface area contributed by atoms with Crippen LogP contribution in [-0.2, 0) is 27.2 Å². The van der Waals surface area contributed by atoms with Crippen molar-refractivity contribution in [2.45, 2.75) is 109 Å². The van der Waals surface area contributed by atoms with Crippen molar-refractivity contribution in [3.63, 3.8) is 0 Å². The van der Waals surface area contributed by atoms with Crippen LogP contribution in [0.1, 0.15) is 79.8 Å². The van der Waals surface area contributed by atoms with Crippen molar-refractivity contribution in [3.05, 3.63) is 47.9 Å². The molecule has 3 heterocycles. The average Bonchev–Trinajstić information content (AvgIpc) is 3.47. The molecule has 2 saturated heterocycles. The Morgan fingerprint density at radius 3 is 2.24 bits per heavy atom. The van der Waals surface area contributed by atoms with Crippen molar-refractivity contribution in [1.82, 2.24) is 9.55 Å². The minimum absolute atomic E-state index is 0.0886. The third kappa shape index (κ3) is 6.04. The molecule has 0 N–H and O–H groups in total. The number of nitrogens with zero attached hydrogens (tertiary/aromatic N) is 4. The molecule has 0 aliphatic carbocycles. The van der Waals surface area contributed by atoms with E-state index in [4.69, 9.17) is 22.4 Å². The zero-order chi connectivity index (χ0) is 30.8. The van der Waals surface area contributed by atoms with Crippen molar-refractivity contribution in [3.8, 4) is 6.07 Å². The molecule has 12 heteroatoms. The van der Waals surface area contributed by atoms with E-state index in [0.29, 0.717) is 5.82 Å². The summed E-state index contributed by atoms with van der Waals surface area (Å²) in [5, 5.41) is 9.84. The lowest BCUT2D eigenvalue weighted by Crippen LogP contribution is -2.66. The van der Waals surface area contributed by atoms with E-state index in [-0.39, 0.29) is 34.5 Å². The Morgan fingerprint density at radius 2 is 1.69 bits per heavy atom. The number of ether oxygens (including phenoxy) is 2. The van der Waals surface area contributed by atoms with E-state index in [0.717, 1.165) is 5.56 Å². The lowest BCUT2D eigenvalue weighted by molar-refractivity contribution is -0.155. The standard InChI is InChI=1S/C30H44N4O6Si2/c1-19(2)41(20(3)4)36-17-26-27(39-42(40-41,21(5)6)22(7)8)28(37-23(9)35)30(38-26)34-18-33-25(15-31)29(34)32-16-24-13-11-10-12-14-24/h10-14,16,18-22,26-28,30H,17H2,1-9H3/t26-,27-,28+,30-/m1/s1. The SMILES string of the molecule is CC(=O)O[C@H]1[C@@H]2O[Si](C(C)C)(C(C)C)O[Si](C(C)C)(C(C)C)OC[C@H]2O[C@H]1n1cnc(C#N)c1N=Cc1ccccc1. The number of esters is 1. The molecule has 1 aromatic carbocycles. The second-order valence-electron chi connectivity index (χ2n) is 12.3. The van der Waals surface area contributed by atoms with Crippen molar-refractivity contribution >= 4 is 35.1 Å². The van der Waals surface area contributed by atoms with E-state index in [1.54, 1.807) is 10.8 Å².